The van der Waals surface area contributed by atoms with Gasteiger partial charge in [-0.1, -0.05) is 48.0 Å². The number of rotatable bonds is 5. The van der Waals surface area contributed by atoms with Gasteiger partial charge < -0.3 is 5.32 Å². The standard InChI is InChI=1S/C20H20ClN3O/c1-14(20(25)23-18-8-5-11-22-19(18)21)24(2)13-15-9-10-16-6-3-4-7-17(16)12-15/h3-12,14H,13H2,1-2H3,(H,23,25). The van der Waals surface area contributed by atoms with Crippen LogP contribution in [0.15, 0.2) is 60.8 Å². The largest absolute Gasteiger partial charge is 0.322 e. The van der Waals surface area contributed by atoms with E-state index in [4.69, 9.17) is 11.6 Å². The summed E-state index contributed by atoms with van der Waals surface area (Å²) in [4.78, 5) is 18.4. The summed E-state index contributed by atoms with van der Waals surface area (Å²) in [7, 11) is 1.93. The molecule has 3 aromatic rings. The van der Waals surface area contributed by atoms with Crippen molar-refractivity contribution >= 4 is 34.0 Å². The zero-order valence-electron chi connectivity index (χ0n) is 14.2. The lowest BCUT2D eigenvalue weighted by atomic mass is 10.1. The molecule has 4 nitrogen and oxygen atoms in total. The normalized spacial score (nSPS) is 12.3. The van der Waals surface area contributed by atoms with Gasteiger partial charge in [0.15, 0.2) is 5.15 Å². The first-order chi connectivity index (χ1) is 12.0. The summed E-state index contributed by atoms with van der Waals surface area (Å²) in [5.41, 5.74) is 1.69. The van der Waals surface area contributed by atoms with Crippen molar-refractivity contribution < 1.29 is 4.79 Å². The van der Waals surface area contributed by atoms with E-state index in [1.807, 2.05) is 31.0 Å². The van der Waals surface area contributed by atoms with Crippen LogP contribution in [0.2, 0.25) is 5.15 Å². The zero-order valence-corrected chi connectivity index (χ0v) is 15.0. The maximum atomic E-state index is 12.5. The van der Waals surface area contributed by atoms with E-state index in [-0.39, 0.29) is 11.9 Å². The summed E-state index contributed by atoms with van der Waals surface area (Å²) in [5.74, 6) is -0.113. The maximum Gasteiger partial charge on any atom is 0.241 e. The monoisotopic (exact) mass is 353 g/mol. The highest BCUT2D eigenvalue weighted by Gasteiger charge is 2.19. The van der Waals surface area contributed by atoms with Gasteiger partial charge in [0.1, 0.15) is 0 Å². The Morgan fingerprint density at radius 1 is 1.16 bits per heavy atom. The van der Waals surface area contributed by atoms with Crippen LogP contribution < -0.4 is 5.32 Å². The molecule has 1 aromatic heterocycles. The van der Waals surface area contributed by atoms with Gasteiger partial charge in [0, 0.05) is 12.7 Å². The molecule has 1 amide bonds. The molecular formula is C20H20ClN3O. The molecule has 5 heteroatoms. The predicted molar refractivity (Wildman–Crippen MR) is 103 cm³/mol. The molecule has 0 bridgehead atoms. The average Bonchev–Trinajstić information content (AvgIpc) is 2.62. The number of pyridine rings is 1. The van der Waals surface area contributed by atoms with Crippen molar-refractivity contribution in [3.63, 3.8) is 0 Å². The first kappa shape index (κ1) is 17.4. The fraction of sp³-hybridized carbons (Fsp3) is 0.200. The Balaban J connectivity index is 1.67. The molecule has 1 N–H and O–H groups in total. The van der Waals surface area contributed by atoms with Gasteiger partial charge in [-0.2, -0.15) is 0 Å². The van der Waals surface area contributed by atoms with Crippen molar-refractivity contribution in [2.45, 2.75) is 19.5 Å². The van der Waals surface area contributed by atoms with E-state index < -0.39 is 0 Å². The van der Waals surface area contributed by atoms with Gasteiger partial charge in [0.25, 0.3) is 0 Å². The van der Waals surface area contributed by atoms with Crippen LogP contribution in [-0.4, -0.2) is 28.9 Å². The van der Waals surface area contributed by atoms with Gasteiger partial charge in [-0.25, -0.2) is 4.98 Å². The van der Waals surface area contributed by atoms with E-state index >= 15 is 0 Å². The number of aromatic nitrogens is 1. The van der Waals surface area contributed by atoms with Crippen molar-refractivity contribution in [1.29, 1.82) is 0 Å². The molecule has 1 atom stereocenters. The first-order valence-corrected chi connectivity index (χ1v) is 8.51. The van der Waals surface area contributed by atoms with Crippen LogP contribution in [-0.2, 0) is 11.3 Å². The van der Waals surface area contributed by atoms with E-state index in [1.54, 1.807) is 18.3 Å². The molecule has 25 heavy (non-hydrogen) atoms. The van der Waals surface area contributed by atoms with Gasteiger partial charge in [0.05, 0.1) is 11.7 Å². The topological polar surface area (TPSA) is 45.2 Å². The summed E-state index contributed by atoms with van der Waals surface area (Å²) < 4.78 is 0. The number of halogens is 1. The second-order valence-electron chi connectivity index (χ2n) is 6.10. The Labute approximate surface area is 152 Å². The lowest BCUT2D eigenvalue weighted by Crippen LogP contribution is -2.39. The molecule has 0 saturated carbocycles. The number of likely N-dealkylation sites (N-methyl/N-ethyl adjacent to an activating group) is 1. The minimum absolute atomic E-state index is 0.113. The van der Waals surface area contributed by atoms with Gasteiger partial charge in [-0.05, 0) is 48.5 Å². The fourth-order valence-corrected chi connectivity index (χ4v) is 2.85. The van der Waals surface area contributed by atoms with Gasteiger partial charge in [-0.3, -0.25) is 9.69 Å². The highest BCUT2D eigenvalue weighted by atomic mass is 35.5. The lowest BCUT2D eigenvalue weighted by Gasteiger charge is -2.24. The van der Waals surface area contributed by atoms with E-state index in [9.17, 15) is 4.79 Å². The highest BCUT2D eigenvalue weighted by Crippen LogP contribution is 2.19. The number of carbonyl (C=O) groups is 1. The van der Waals surface area contributed by atoms with Crippen LogP contribution in [0, 0.1) is 0 Å². The van der Waals surface area contributed by atoms with Gasteiger partial charge in [0.2, 0.25) is 5.91 Å². The Kier molecular flexibility index (Phi) is 5.31. The van der Waals surface area contributed by atoms with Crippen LogP contribution in [0.3, 0.4) is 0 Å². The predicted octanol–water partition coefficient (Wildman–Crippen LogP) is 4.35. The molecule has 1 unspecified atom stereocenters. The highest BCUT2D eigenvalue weighted by molar-refractivity contribution is 6.32. The molecule has 0 spiro atoms. The van der Waals surface area contributed by atoms with E-state index in [0.717, 1.165) is 0 Å². The summed E-state index contributed by atoms with van der Waals surface area (Å²) in [6, 6.07) is 17.8. The minimum atomic E-state index is -0.303. The second-order valence-corrected chi connectivity index (χ2v) is 6.46. The van der Waals surface area contributed by atoms with Crippen LogP contribution in [0.25, 0.3) is 10.8 Å². The molecule has 0 radical (unpaired) electrons. The number of nitrogens with one attached hydrogen (secondary N) is 1. The first-order valence-electron chi connectivity index (χ1n) is 8.14. The summed E-state index contributed by atoms with van der Waals surface area (Å²) >= 11 is 6.00. The number of nitrogens with zero attached hydrogens (tertiary/aromatic N) is 2. The Morgan fingerprint density at radius 2 is 1.92 bits per heavy atom. The molecule has 2 aromatic carbocycles. The third kappa shape index (κ3) is 4.16. The number of benzene rings is 2. The molecule has 0 aliphatic heterocycles. The third-order valence-corrected chi connectivity index (χ3v) is 4.60. The number of amides is 1. The molecule has 128 valence electrons. The van der Waals surface area contributed by atoms with Crippen LogP contribution in [0.1, 0.15) is 12.5 Å². The maximum absolute atomic E-state index is 12.5. The molecule has 0 saturated heterocycles. The lowest BCUT2D eigenvalue weighted by molar-refractivity contribution is -0.120. The fourth-order valence-electron chi connectivity index (χ4n) is 2.68. The second kappa shape index (κ2) is 7.64. The quantitative estimate of drug-likeness (QED) is 0.694. The molecule has 0 aliphatic carbocycles. The van der Waals surface area contributed by atoms with Crippen molar-refractivity contribution in [2.24, 2.45) is 0 Å². The zero-order chi connectivity index (χ0) is 17.8. The molecule has 0 fully saturated rings. The Bertz CT molecular complexity index is 897. The van der Waals surface area contributed by atoms with Crippen LogP contribution in [0.5, 0.6) is 0 Å². The summed E-state index contributed by atoms with van der Waals surface area (Å²) in [6.07, 6.45) is 1.59. The SMILES string of the molecule is CC(C(=O)Nc1cccnc1Cl)N(C)Cc1ccc2ccccc2c1. The minimum Gasteiger partial charge on any atom is -0.322 e. The Morgan fingerprint density at radius 3 is 2.68 bits per heavy atom. The molecular weight excluding hydrogens is 334 g/mol. The Hall–Kier alpha value is -2.43. The van der Waals surface area contributed by atoms with Crippen molar-refractivity contribution in [3.05, 3.63) is 71.5 Å². The van der Waals surface area contributed by atoms with E-state index in [0.29, 0.717) is 17.4 Å². The van der Waals surface area contributed by atoms with E-state index in [2.05, 4.69) is 40.6 Å². The van der Waals surface area contributed by atoms with Crippen LogP contribution >= 0.6 is 11.6 Å². The van der Waals surface area contributed by atoms with Gasteiger partial charge >= 0.3 is 0 Å². The summed E-state index contributed by atoms with van der Waals surface area (Å²) in [5, 5.41) is 5.54. The number of hydrogen-bond donors (Lipinski definition) is 1. The average molecular weight is 354 g/mol. The molecule has 3 rings (SSSR count). The third-order valence-electron chi connectivity index (χ3n) is 4.30. The molecule has 1 heterocycles. The molecule has 0 aliphatic rings. The van der Waals surface area contributed by atoms with Crippen molar-refractivity contribution in [1.82, 2.24) is 9.88 Å². The van der Waals surface area contributed by atoms with Crippen molar-refractivity contribution in [2.75, 3.05) is 12.4 Å². The number of hydrogen-bond acceptors (Lipinski definition) is 3. The number of anilines is 1. The number of fused-ring (bicyclic) bond motifs is 1. The van der Waals surface area contributed by atoms with Crippen molar-refractivity contribution in [3.8, 4) is 0 Å². The van der Waals surface area contributed by atoms with Crippen LogP contribution in [0.4, 0.5) is 5.69 Å². The number of carbonyl (C=O) groups excluding carboxylic acids is 1. The van der Waals surface area contributed by atoms with E-state index in [1.165, 1.54) is 16.3 Å². The van der Waals surface area contributed by atoms with Gasteiger partial charge in [-0.15, -0.1) is 0 Å². The summed E-state index contributed by atoms with van der Waals surface area (Å²) in [6.45, 7) is 2.56. The smallest absolute Gasteiger partial charge is 0.241 e.